The van der Waals surface area contributed by atoms with E-state index in [2.05, 4.69) is 29.9 Å². The zero-order chi connectivity index (χ0) is 25.7. The maximum Gasteiger partial charge on any atom is 0.240 e. The fourth-order valence-corrected chi connectivity index (χ4v) is 4.85. The predicted octanol–water partition coefficient (Wildman–Crippen LogP) is 1.73. The fraction of sp³-hybridized carbons (Fsp3) is 0.476. The van der Waals surface area contributed by atoms with Crippen LogP contribution in [0.1, 0.15) is 18.9 Å². The van der Waals surface area contributed by atoms with Crippen molar-refractivity contribution < 1.29 is 27.4 Å². The molecule has 1 aliphatic rings. The number of nitrogens with one attached hydrogen (secondary N) is 1. The van der Waals surface area contributed by atoms with Crippen LogP contribution in [0.15, 0.2) is 30.6 Å². The summed E-state index contributed by atoms with van der Waals surface area (Å²) in [6.07, 6.45) is 1.44. The number of anilines is 1. The second-order valence-electron chi connectivity index (χ2n) is 7.86. The van der Waals surface area contributed by atoms with E-state index in [-0.39, 0.29) is 24.4 Å². The molecule has 1 fully saturated rings. The summed E-state index contributed by atoms with van der Waals surface area (Å²) in [4.78, 5) is 12.6. The Morgan fingerprint density at radius 2 is 2.00 bits per heavy atom. The van der Waals surface area contributed by atoms with E-state index in [1.807, 2.05) is 0 Å². The number of hydrogen-bond donors (Lipinski definition) is 1. The highest BCUT2D eigenvalue weighted by Gasteiger charge is 2.34. The van der Waals surface area contributed by atoms with Gasteiger partial charge in [-0.3, -0.25) is 9.29 Å². The highest BCUT2D eigenvalue weighted by molar-refractivity contribution is 7.93. The lowest BCUT2D eigenvalue weighted by Gasteiger charge is -2.25. The van der Waals surface area contributed by atoms with Gasteiger partial charge in [0.15, 0.2) is 11.6 Å². The Hall–Kier alpha value is -2.91. The summed E-state index contributed by atoms with van der Waals surface area (Å²) >= 11 is 5.86. The molecule has 3 atom stereocenters. The summed E-state index contributed by atoms with van der Waals surface area (Å²) in [5, 5.41) is 7.54. The van der Waals surface area contributed by atoms with Gasteiger partial charge in [0.05, 0.1) is 44.6 Å². The zero-order valence-electron chi connectivity index (χ0n) is 19.9. The topological polar surface area (TPSA) is 152 Å². The van der Waals surface area contributed by atoms with Gasteiger partial charge >= 0.3 is 0 Å². The van der Waals surface area contributed by atoms with Gasteiger partial charge in [-0.05, 0) is 13.0 Å². The highest BCUT2D eigenvalue weighted by atomic mass is 35.5. The second kappa shape index (κ2) is 11.4. The lowest BCUT2D eigenvalue weighted by molar-refractivity contribution is -0.0932. The van der Waals surface area contributed by atoms with Crippen LogP contribution in [0.5, 0.6) is 5.88 Å². The van der Waals surface area contributed by atoms with Crippen molar-refractivity contribution in [1.82, 2.24) is 29.7 Å². The molecule has 1 saturated heterocycles. The Labute approximate surface area is 213 Å². The molecule has 0 aromatic carbocycles. The minimum absolute atomic E-state index is 0.0116. The molecule has 1 N–H and O–H groups in total. The van der Waals surface area contributed by atoms with Crippen LogP contribution in [0.4, 0.5) is 5.95 Å². The molecule has 1 unspecified atom stereocenters. The van der Waals surface area contributed by atoms with E-state index in [4.69, 9.17) is 30.5 Å². The summed E-state index contributed by atoms with van der Waals surface area (Å²) in [5.74, 6) is 0.872. The van der Waals surface area contributed by atoms with E-state index < -0.39 is 21.4 Å². The molecule has 36 heavy (non-hydrogen) atoms. The van der Waals surface area contributed by atoms with Gasteiger partial charge in [-0.2, -0.15) is 0 Å². The molecule has 0 spiro atoms. The van der Waals surface area contributed by atoms with Gasteiger partial charge in [-0.1, -0.05) is 17.7 Å². The average Bonchev–Trinajstić information content (AvgIpc) is 3.27. The predicted molar refractivity (Wildman–Crippen MR) is 129 cm³/mol. The number of halogens is 1. The molecule has 4 heterocycles. The summed E-state index contributed by atoms with van der Waals surface area (Å²) < 4.78 is 52.8. The number of methoxy groups -OCH3 is 2. The zero-order valence-corrected chi connectivity index (χ0v) is 21.4. The van der Waals surface area contributed by atoms with Crippen molar-refractivity contribution in [3.63, 3.8) is 0 Å². The molecule has 0 aliphatic carbocycles. The third kappa shape index (κ3) is 5.90. The van der Waals surface area contributed by atoms with Crippen LogP contribution in [-0.4, -0.2) is 83.5 Å². The lowest BCUT2D eigenvalue weighted by Crippen LogP contribution is -2.35. The van der Waals surface area contributed by atoms with Crippen LogP contribution in [0, 0.1) is 0 Å². The number of aromatic nitrogens is 6. The molecule has 0 bridgehead atoms. The smallest absolute Gasteiger partial charge is 0.240 e. The molecular formula is C21H26ClN7O6S. The van der Waals surface area contributed by atoms with Gasteiger partial charge in [-0.25, -0.2) is 23.4 Å². The summed E-state index contributed by atoms with van der Waals surface area (Å²) in [7, 11) is -1.18. The molecule has 0 amide bonds. The monoisotopic (exact) mass is 539 g/mol. The standard InChI is InChI=1S/C21H26ClN7O6S/c1-13(18(33-3)19-23-9-14(22)10-24-19)36(30,31)28-21-27-26-20(16-5-4-6-17(25-16)32-2)29(21)11-15-12-34-7-8-35-15/h4-6,9-10,13,15,18H,7-8,11-12H2,1-3H3,(H,27,28)/t13-,15?,18-/m0/s1. The Balaban J connectivity index is 1.66. The number of hydrogen-bond acceptors (Lipinski definition) is 11. The first-order valence-electron chi connectivity index (χ1n) is 11.0. The van der Waals surface area contributed by atoms with Gasteiger partial charge in [0.1, 0.15) is 17.0 Å². The number of rotatable bonds is 10. The van der Waals surface area contributed by atoms with E-state index in [0.29, 0.717) is 42.2 Å². The highest BCUT2D eigenvalue weighted by Crippen LogP contribution is 2.27. The van der Waals surface area contributed by atoms with Crippen LogP contribution in [0.25, 0.3) is 11.5 Å². The SMILES string of the molecule is COc1cccc(-c2nnc(NS(=O)(=O)[C@@H](C)[C@H](OC)c3ncc(Cl)cn3)n2CC2COCCO2)n1. The first-order valence-corrected chi connectivity index (χ1v) is 12.9. The summed E-state index contributed by atoms with van der Waals surface area (Å²) in [6, 6.07) is 5.17. The summed E-state index contributed by atoms with van der Waals surface area (Å²) in [6.45, 7) is 2.96. The molecule has 1 aliphatic heterocycles. The molecule has 0 radical (unpaired) electrons. The quantitative estimate of drug-likeness (QED) is 0.400. The molecular weight excluding hydrogens is 514 g/mol. The molecule has 4 rings (SSSR count). The lowest BCUT2D eigenvalue weighted by atomic mass is 10.2. The van der Waals surface area contributed by atoms with Crippen LogP contribution < -0.4 is 9.46 Å². The maximum absolute atomic E-state index is 13.4. The van der Waals surface area contributed by atoms with Crippen LogP contribution >= 0.6 is 11.6 Å². The molecule has 15 heteroatoms. The Kier molecular flexibility index (Phi) is 8.31. The first-order chi connectivity index (χ1) is 17.3. The van der Waals surface area contributed by atoms with Crippen molar-refractivity contribution in [1.29, 1.82) is 0 Å². The van der Waals surface area contributed by atoms with Gasteiger partial charge in [0, 0.05) is 25.6 Å². The minimum atomic E-state index is -4.06. The maximum atomic E-state index is 13.4. The van der Waals surface area contributed by atoms with Crippen molar-refractivity contribution >= 4 is 27.6 Å². The van der Waals surface area contributed by atoms with E-state index >= 15 is 0 Å². The average molecular weight is 540 g/mol. The molecule has 13 nitrogen and oxygen atoms in total. The van der Waals surface area contributed by atoms with Crippen LogP contribution in [0.2, 0.25) is 5.02 Å². The first kappa shape index (κ1) is 26.2. The summed E-state index contributed by atoms with van der Waals surface area (Å²) in [5.41, 5.74) is 0.446. The van der Waals surface area contributed by atoms with E-state index in [1.54, 1.807) is 22.8 Å². The van der Waals surface area contributed by atoms with Gasteiger partial charge in [-0.15, -0.1) is 10.2 Å². The van der Waals surface area contributed by atoms with Gasteiger partial charge in [0.25, 0.3) is 0 Å². The van der Waals surface area contributed by atoms with Crippen molar-refractivity contribution in [2.75, 3.05) is 38.8 Å². The largest absolute Gasteiger partial charge is 0.481 e. The van der Waals surface area contributed by atoms with E-state index in [9.17, 15) is 8.42 Å². The van der Waals surface area contributed by atoms with Crippen molar-refractivity contribution in [3.8, 4) is 17.4 Å². The third-order valence-electron chi connectivity index (χ3n) is 5.48. The van der Waals surface area contributed by atoms with E-state index in [0.717, 1.165) is 0 Å². The van der Waals surface area contributed by atoms with Crippen molar-refractivity contribution in [2.45, 2.75) is 30.9 Å². The molecule has 3 aromatic heterocycles. The minimum Gasteiger partial charge on any atom is -0.481 e. The molecule has 194 valence electrons. The number of ether oxygens (including phenoxy) is 4. The van der Waals surface area contributed by atoms with Gasteiger partial charge in [0.2, 0.25) is 21.9 Å². The number of nitrogens with zero attached hydrogens (tertiary/aromatic N) is 6. The van der Waals surface area contributed by atoms with E-state index in [1.165, 1.54) is 33.5 Å². The Morgan fingerprint density at radius 3 is 2.67 bits per heavy atom. The fourth-order valence-electron chi connectivity index (χ4n) is 3.60. The van der Waals surface area contributed by atoms with Crippen LogP contribution in [0.3, 0.4) is 0 Å². The molecule has 0 saturated carbocycles. The molecule has 3 aromatic rings. The Bertz CT molecular complexity index is 1270. The van der Waals surface area contributed by atoms with Crippen molar-refractivity contribution in [3.05, 3.63) is 41.4 Å². The van der Waals surface area contributed by atoms with Gasteiger partial charge < -0.3 is 18.9 Å². The number of pyridine rings is 1. The second-order valence-corrected chi connectivity index (χ2v) is 10.3. The third-order valence-corrected chi connectivity index (χ3v) is 7.37. The van der Waals surface area contributed by atoms with Crippen molar-refractivity contribution in [2.24, 2.45) is 0 Å². The Morgan fingerprint density at radius 1 is 1.22 bits per heavy atom. The number of sulfonamides is 1. The van der Waals surface area contributed by atoms with Crippen LogP contribution in [-0.2, 0) is 30.8 Å². The normalized spacial score (nSPS) is 17.9.